The van der Waals surface area contributed by atoms with Crippen molar-refractivity contribution in [3.05, 3.63) is 28.8 Å². The van der Waals surface area contributed by atoms with E-state index in [0.29, 0.717) is 0 Å². The first-order chi connectivity index (χ1) is 10.3. The third kappa shape index (κ3) is 3.53. The van der Waals surface area contributed by atoms with Crippen LogP contribution in [-0.2, 0) is 6.54 Å². The molecule has 116 valence electrons. The van der Waals surface area contributed by atoms with E-state index in [9.17, 15) is 0 Å². The maximum Gasteiger partial charge on any atom is 0.0642 e. The second-order valence-corrected chi connectivity index (χ2v) is 6.60. The number of halogens is 1. The topological polar surface area (TPSA) is 18.5 Å². The van der Waals surface area contributed by atoms with Crippen LogP contribution in [0.15, 0.2) is 18.2 Å². The molecule has 4 heteroatoms. The number of nitrogens with zero attached hydrogens (tertiary/aromatic N) is 2. The van der Waals surface area contributed by atoms with Gasteiger partial charge >= 0.3 is 0 Å². The lowest BCUT2D eigenvalue weighted by Gasteiger charge is -2.25. The minimum absolute atomic E-state index is 0.727. The highest BCUT2D eigenvalue weighted by Gasteiger charge is 2.29. The van der Waals surface area contributed by atoms with Crippen LogP contribution in [0, 0.1) is 0 Å². The molecule has 1 aromatic carbocycles. The highest BCUT2D eigenvalue weighted by Crippen LogP contribution is 2.31. The number of rotatable bonds is 5. The summed E-state index contributed by atoms with van der Waals surface area (Å²) >= 11 is 6.51. The largest absolute Gasteiger partial charge is 0.369 e. The summed E-state index contributed by atoms with van der Waals surface area (Å²) in [7, 11) is 0. The first-order valence-electron chi connectivity index (χ1n) is 8.26. The maximum absolute atomic E-state index is 6.51. The van der Waals surface area contributed by atoms with Crippen LogP contribution in [0.1, 0.15) is 31.7 Å². The van der Waals surface area contributed by atoms with Crippen molar-refractivity contribution < 1.29 is 0 Å². The zero-order valence-corrected chi connectivity index (χ0v) is 13.7. The fourth-order valence-corrected chi connectivity index (χ4v) is 3.87. The van der Waals surface area contributed by atoms with E-state index in [-0.39, 0.29) is 0 Å². The van der Waals surface area contributed by atoms with Gasteiger partial charge in [0.25, 0.3) is 0 Å². The van der Waals surface area contributed by atoms with Crippen molar-refractivity contribution in [2.75, 3.05) is 37.6 Å². The monoisotopic (exact) mass is 307 g/mol. The number of anilines is 1. The van der Waals surface area contributed by atoms with E-state index in [2.05, 4.69) is 40.2 Å². The average Bonchev–Trinajstić information content (AvgIpc) is 3.15. The highest BCUT2D eigenvalue weighted by atomic mass is 35.5. The Labute approximate surface area is 133 Å². The molecule has 1 unspecified atom stereocenters. The first-order valence-corrected chi connectivity index (χ1v) is 8.64. The van der Waals surface area contributed by atoms with Crippen molar-refractivity contribution in [1.29, 1.82) is 0 Å². The minimum Gasteiger partial charge on any atom is -0.369 e. The second-order valence-electron chi connectivity index (χ2n) is 6.20. The third-order valence-electron chi connectivity index (χ3n) is 4.75. The molecular formula is C17H26ClN3. The molecule has 1 atom stereocenters. The van der Waals surface area contributed by atoms with Crippen LogP contribution >= 0.6 is 11.6 Å². The number of benzene rings is 1. The van der Waals surface area contributed by atoms with Gasteiger partial charge in [-0.3, -0.25) is 4.90 Å². The molecule has 2 aliphatic heterocycles. The third-order valence-corrected chi connectivity index (χ3v) is 5.06. The van der Waals surface area contributed by atoms with Gasteiger partial charge in [-0.05, 0) is 56.6 Å². The Hall–Kier alpha value is -0.770. The summed E-state index contributed by atoms with van der Waals surface area (Å²) in [5.41, 5.74) is 2.47. The molecule has 0 spiro atoms. The summed E-state index contributed by atoms with van der Waals surface area (Å²) in [6.07, 6.45) is 4.02. The lowest BCUT2D eigenvalue weighted by atomic mass is 10.2. The molecule has 2 heterocycles. The minimum atomic E-state index is 0.727. The molecule has 3 rings (SSSR count). The van der Waals surface area contributed by atoms with Gasteiger partial charge in [0.15, 0.2) is 0 Å². The SMILES string of the molecule is CCNCc1ccc(N2CCC(N3CCCC3)C2)c(Cl)c1. The van der Waals surface area contributed by atoms with Crippen molar-refractivity contribution in [2.24, 2.45) is 0 Å². The van der Waals surface area contributed by atoms with Crippen molar-refractivity contribution in [3.8, 4) is 0 Å². The van der Waals surface area contributed by atoms with E-state index in [0.717, 1.165) is 37.2 Å². The molecule has 21 heavy (non-hydrogen) atoms. The molecular weight excluding hydrogens is 282 g/mol. The number of likely N-dealkylation sites (tertiary alicyclic amines) is 1. The van der Waals surface area contributed by atoms with E-state index < -0.39 is 0 Å². The Balaban J connectivity index is 1.64. The fraction of sp³-hybridized carbons (Fsp3) is 0.647. The molecule has 0 aromatic heterocycles. The Morgan fingerprint density at radius 3 is 2.76 bits per heavy atom. The quantitative estimate of drug-likeness (QED) is 0.901. The molecule has 1 N–H and O–H groups in total. The maximum atomic E-state index is 6.51. The van der Waals surface area contributed by atoms with Crippen LogP contribution < -0.4 is 10.2 Å². The predicted octanol–water partition coefficient (Wildman–Crippen LogP) is 3.12. The van der Waals surface area contributed by atoms with Crippen molar-refractivity contribution in [1.82, 2.24) is 10.2 Å². The highest BCUT2D eigenvalue weighted by molar-refractivity contribution is 6.33. The molecule has 1 aromatic rings. The van der Waals surface area contributed by atoms with Crippen molar-refractivity contribution in [2.45, 2.75) is 38.8 Å². The summed E-state index contributed by atoms with van der Waals surface area (Å²) in [5, 5.41) is 4.24. The summed E-state index contributed by atoms with van der Waals surface area (Å²) in [5.74, 6) is 0. The van der Waals surface area contributed by atoms with Gasteiger partial charge in [-0.1, -0.05) is 24.6 Å². The van der Waals surface area contributed by atoms with Crippen LogP contribution in [-0.4, -0.2) is 43.7 Å². The number of hydrogen-bond acceptors (Lipinski definition) is 3. The molecule has 0 amide bonds. The molecule has 2 aliphatic rings. The summed E-state index contributed by atoms with van der Waals surface area (Å²) in [4.78, 5) is 5.12. The van der Waals surface area contributed by atoms with Crippen molar-refractivity contribution >= 4 is 17.3 Å². The second kappa shape index (κ2) is 6.99. The molecule has 0 saturated carbocycles. The molecule has 2 saturated heterocycles. The van der Waals surface area contributed by atoms with Gasteiger partial charge in [0.1, 0.15) is 0 Å². The molecule has 0 bridgehead atoms. The zero-order valence-electron chi connectivity index (χ0n) is 12.9. The Kier molecular flexibility index (Phi) is 5.04. The van der Waals surface area contributed by atoms with Gasteiger partial charge in [0, 0.05) is 25.7 Å². The van der Waals surface area contributed by atoms with Crippen molar-refractivity contribution in [3.63, 3.8) is 0 Å². The predicted molar refractivity (Wildman–Crippen MR) is 90.3 cm³/mol. The van der Waals surface area contributed by atoms with Crippen LogP contribution in [0.2, 0.25) is 5.02 Å². The van der Waals surface area contributed by atoms with Gasteiger partial charge in [-0.25, -0.2) is 0 Å². The van der Waals surface area contributed by atoms with E-state index >= 15 is 0 Å². The number of nitrogens with one attached hydrogen (secondary N) is 1. The van der Waals surface area contributed by atoms with Gasteiger partial charge in [0.2, 0.25) is 0 Å². The smallest absolute Gasteiger partial charge is 0.0642 e. The van der Waals surface area contributed by atoms with Crippen LogP contribution in [0.4, 0.5) is 5.69 Å². The normalized spacial score (nSPS) is 23.1. The lowest BCUT2D eigenvalue weighted by Crippen LogP contribution is -2.35. The number of hydrogen-bond donors (Lipinski definition) is 1. The summed E-state index contributed by atoms with van der Waals surface area (Å²) in [6.45, 7) is 8.84. The Bertz CT molecular complexity index is 471. The van der Waals surface area contributed by atoms with Crippen LogP contribution in [0.5, 0.6) is 0 Å². The van der Waals surface area contributed by atoms with Crippen LogP contribution in [0.25, 0.3) is 0 Å². The van der Waals surface area contributed by atoms with E-state index in [4.69, 9.17) is 11.6 Å². The summed E-state index contributed by atoms with van der Waals surface area (Å²) in [6, 6.07) is 7.24. The van der Waals surface area contributed by atoms with E-state index in [1.165, 1.54) is 43.6 Å². The van der Waals surface area contributed by atoms with Crippen LogP contribution in [0.3, 0.4) is 0 Å². The van der Waals surface area contributed by atoms with Gasteiger partial charge in [-0.15, -0.1) is 0 Å². The standard InChI is InChI=1S/C17H26ClN3/c1-2-19-12-14-5-6-17(16(18)11-14)21-10-7-15(13-21)20-8-3-4-9-20/h5-6,11,15,19H,2-4,7-10,12-13H2,1H3. The molecule has 2 fully saturated rings. The lowest BCUT2D eigenvalue weighted by molar-refractivity contribution is 0.260. The van der Waals surface area contributed by atoms with E-state index in [1.54, 1.807) is 0 Å². The van der Waals surface area contributed by atoms with Gasteiger partial charge < -0.3 is 10.2 Å². The zero-order chi connectivity index (χ0) is 14.7. The van der Waals surface area contributed by atoms with Gasteiger partial charge in [0.05, 0.1) is 10.7 Å². The average molecular weight is 308 g/mol. The fourth-order valence-electron chi connectivity index (χ4n) is 3.55. The molecule has 0 aliphatic carbocycles. The van der Waals surface area contributed by atoms with Gasteiger partial charge in [-0.2, -0.15) is 0 Å². The Morgan fingerprint density at radius 1 is 1.24 bits per heavy atom. The Morgan fingerprint density at radius 2 is 2.05 bits per heavy atom. The molecule has 0 radical (unpaired) electrons. The summed E-state index contributed by atoms with van der Waals surface area (Å²) < 4.78 is 0. The molecule has 3 nitrogen and oxygen atoms in total. The first kappa shape index (κ1) is 15.1. The van der Waals surface area contributed by atoms with E-state index in [1.807, 2.05) is 0 Å².